The topological polar surface area (TPSA) is 3.24 Å². The van der Waals surface area contributed by atoms with E-state index in [4.69, 9.17) is 11.6 Å². The Morgan fingerprint density at radius 2 is 2.29 bits per heavy atom. The minimum absolute atomic E-state index is 0.662. The zero-order chi connectivity index (χ0) is 9.76. The fraction of sp³-hybridized carbons (Fsp3) is 1.00. The molecule has 2 aliphatic carbocycles. The molecule has 3 aliphatic rings. The van der Waals surface area contributed by atoms with Gasteiger partial charge in [-0.3, -0.25) is 0 Å². The standard InChI is InChI=1S/C12H20ClN/c1-12-8-14(5-4-13)7-11(12)9-2-3-10(12)6-9/h9-11H,2-8H2,1H3. The van der Waals surface area contributed by atoms with Crippen LogP contribution in [0.2, 0.25) is 0 Å². The number of alkyl halides is 1. The highest BCUT2D eigenvalue weighted by Crippen LogP contribution is 2.62. The van der Waals surface area contributed by atoms with Gasteiger partial charge in [-0.1, -0.05) is 6.92 Å². The van der Waals surface area contributed by atoms with Crippen molar-refractivity contribution in [1.29, 1.82) is 0 Å². The Hall–Kier alpha value is 0.250. The lowest BCUT2D eigenvalue weighted by atomic mass is 9.70. The molecule has 4 unspecified atom stereocenters. The second-order valence-corrected chi connectivity index (χ2v) is 6.18. The number of nitrogens with zero attached hydrogens (tertiary/aromatic N) is 1. The monoisotopic (exact) mass is 213 g/mol. The molecular formula is C12H20ClN. The van der Waals surface area contributed by atoms with Crippen molar-refractivity contribution in [1.82, 2.24) is 4.90 Å². The van der Waals surface area contributed by atoms with E-state index in [1.807, 2.05) is 0 Å². The highest BCUT2D eigenvalue weighted by molar-refractivity contribution is 6.18. The Bertz CT molecular complexity index is 242. The molecule has 0 aromatic rings. The molecule has 0 N–H and O–H groups in total. The zero-order valence-corrected chi connectivity index (χ0v) is 9.76. The summed E-state index contributed by atoms with van der Waals surface area (Å²) in [4.78, 5) is 2.60. The van der Waals surface area contributed by atoms with E-state index in [9.17, 15) is 0 Å². The summed E-state index contributed by atoms with van der Waals surface area (Å²) in [7, 11) is 0. The maximum absolute atomic E-state index is 5.83. The van der Waals surface area contributed by atoms with Gasteiger partial charge in [0.1, 0.15) is 0 Å². The summed E-state index contributed by atoms with van der Waals surface area (Å²) in [6.45, 7) is 6.30. The van der Waals surface area contributed by atoms with Gasteiger partial charge >= 0.3 is 0 Å². The largest absolute Gasteiger partial charge is 0.301 e. The number of fused-ring (bicyclic) bond motifs is 5. The van der Waals surface area contributed by atoms with E-state index >= 15 is 0 Å². The number of halogens is 1. The number of rotatable bonds is 2. The molecule has 4 atom stereocenters. The van der Waals surface area contributed by atoms with Gasteiger partial charge < -0.3 is 4.90 Å². The van der Waals surface area contributed by atoms with Crippen molar-refractivity contribution in [3.05, 3.63) is 0 Å². The van der Waals surface area contributed by atoms with Gasteiger partial charge in [-0.2, -0.15) is 0 Å². The minimum atomic E-state index is 0.662. The van der Waals surface area contributed by atoms with Crippen molar-refractivity contribution in [2.45, 2.75) is 26.2 Å². The van der Waals surface area contributed by atoms with Gasteiger partial charge in [-0.25, -0.2) is 0 Å². The van der Waals surface area contributed by atoms with Crippen LogP contribution in [0.1, 0.15) is 26.2 Å². The number of hydrogen-bond donors (Lipinski definition) is 0. The summed E-state index contributed by atoms with van der Waals surface area (Å²) in [5.41, 5.74) is 0.662. The van der Waals surface area contributed by atoms with E-state index in [2.05, 4.69) is 11.8 Å². The summed E-state index contributed by atoms with van der Waals surface area (Å²) in [6, 6.07) is 0. The van der Waals surface area contributed by atoms with Crippen molar-refractivity contribution >= 4 is 11.6 Å². The third-order valence-corrected chi connectivity index (χ3v) is 5.41. The van der Waals surface area contributed by atoms with Gasteiger partial charge in [0.2, 0.25) is 0 Å². The first kappa shape index (κ1) is 9.47. The van der Waals surface area contributed by atoms with Crippen LogP contribution in [0.3, 0.4) is 0 Å². The molecular weight excluding hydrogens is 194 g/mol. The summed E-state index contributed by atoms with van der Waals surface area (Å²) < 4.78 is 0. The van der Waals surface area contributed by atoms with Crippen LogP contribution in [0.4, 0.5) is 0 Å². The van der Waals surface area contributed by atoms with E-state index in [1.54, 1.807) is 0 Å². The molecule has 0 radical (unpaired) electrons. The molecule has 1 aliphatic heterocycles. The summed E-state index contributed by atoms with van der Waals surface area (Å²) in [6.07, 6.45) is 4.56. The van der Waals surface area contributed by atoms with Crippen LogP contribution in [0.25, 0.3) is 0 Å². The Morgan fingerprint density at radius 3 is 3.00 bits per heavy atom. The highest BCUT2D eigenvalue weighted by atomic mass is 35.5. The molecule has 1 nitrogen and oxygen atoms in total. The average Bonchev–Trinajstić information content (AvgIpc) is 2.74. The Labute approximate surface area is 91.8 Å². The van der Waals surface area contributed by atoms with Crippen molar-refractivity contribution in [2.75, 3.05) is 25.5 Å². The van der Waals surface area contributed by atoms with Gasteiger partial charge in [0.25, 0.3) is 0 Å². The fourth-order valence-electron chi connectivity index (χ4n) is 4.54. The molecule has 0 amide bonds. The van der Waals surface area contributed by atoms with E-state index in [1.165, 1.54) is 32.4 Å². The maximum Gasteiger partial charge on any atom is 0.0351 e. The molecule has 1 saturated heterocycles. The predicted octanol–water partition coefficient (Wildman–Crippen LogP) is 2.59. The third kappa shape index (κ3) is 1.12. The predicted molar refractivity (Wildman–Crippen MR) is 59.6 cm³/mol. The Balaban J connectivity index is 1.78. The molecule has 0 aromatic carbocycles. The smallest absolute Gasteiger partial charge is 0.0351 e. The van der Waals surface area contributed by atoms with Gasteiger partial charge in [-0.15, -0.1) is 11.6 Å². The minimum Gasteiger partial charge on any atom is -0.301 e. The fourth-order valence-corrected chi connectivity index (χ4v) is 4.78. The van der Waals surface area contributed by atoms with Crippen molar-refractivity contribution < 1.29 is 0 Å². The molecule has 1 heterocycles. The number of hydrogen-bond acceptors (Lipinski definition) is 1. The molecule has 2 saturated carbocycles. The Kier molecular flexibility index (Phi) is 2.11. The third-order valence-electron chi connectivity index (χ3n) is 5.24. The molecule has 3 fully saturated rings. The van der Waals surface area contributed by atoms with E-state index in [-0.39, 0.29) is 0 Å². The van der Waals surface area contributed by atoms with Crippen LogP contribution < -0.4 is 0 Å². The lowest BCUT2D eigenvalue weighted by Gasteiger charge is -2.34. The number of likely N-dealkylation sites (tertiary alicyclic amines) is 1. The van der Waals surface area contributed by atoms with E-state index in [0.717, 1.165) is 30.2 Å². The van der Waals surface area contributed by atoms with Crippen molar-refractivity contribution in [2.24, 2.45) is 23.2 Å². The molecule has 0 spiro atoms. The van der Waals surface area contributed by atoms with Crippen LogP contribution in [-0.2, 0) is 0 Å². The quantitative estimate of drug-likeness (QED) is 0.638. The second-order valence-electron chi connectivity index (χ2n) is 5.81. The van der Waals surface area contributed by atoms with Crippen molar-refractivity contribution in [3.8, 4) is 0 Å². The van der Waals surface area contributed by atoms with Gasteiger partial charge in [0.05, 0.1) is 0 Å². The van der Waals surface area contributed by atoms with Crippen LogP contribution in [0.5, 0.6) is 0 Å². The average molecular weight is 214 g/mol. The van der Waals surface area contributed by atoms with E-state index in [0.29, 0.717) is 5.41 Å². The van der Waals surface area contributed by atoms with Crippen LogP contribution in [0, 0.1) is 23.2 Å². The molecule has 2 bridgehead atoms. The molecule has 80 valence electrons. The highest BCUT2D eigenvalue weighted by Gasteiger charge is 2.58. The lowest BCUT2D eigenvalue weighted by molar-refractivity contribution is 0.151. The second kappa shape index (κ2) is 3.12. The first-order valence-electron chi connectivity index (χ1n) is 6.02. The van der Waals surface area contributed by atoms with Crippen LogP contribution >= 0.6 is 11.6 Å². The van der Waals surface area contributed by atoms with Crippen molar-refractivity contribution in [3.63, 3.8) is 0 Å². The van der Waals surface area contributed by atoms with Crippen LogP contribution in [0.15, 0.2) is 0 Å². The summed E-state index contributed by atoms with van der Waals surface area (Å²) >= 11 is 5.83. The van der Waals surface area contributed by atoms with Gasteiger partial charge in [0.15, 0.2) is 0 Å². The molecule has 3 rings (SSSR count). The van der Waals surface area contributed by atoms with Gasteiger partial charge in [-0.05, 0) is 42.4 Å². The lowest BCUT2D eigenvalue weighted by Crippen LogP contribution is -2.33. The first-order chi connectivity index (χ1) is 6.74. The SMILES string of the molecule is CC12CN(CCCl)CC1C1CCC2C1. The first-order valence-corrected chi connectivity index (χ1v) is 6.56. The van der Waals surface area contributed by atoms with Crippen LogP contribution in [-0.4, -0.2) is 30.4 Å². The Morgan fingerprint density at radius 1 is 1.43 bits per heavy atom. The normalized spacial score (nSPS) is 51.4. The summed E-state index contributed by atoms with van der Waals surface area (Å²) in [5.74, 6) is 3.91. The maximum atomic E-state index is 5.83. The summed E-state index contributed by atoms with van der Waals surface area (Å²) in [5, 5.41) is 0. The van der Waals surface area contributed by atoms with E-state index < -0.39 is 0 Å². The molecule has 14 heavy (non-hydrogen) atoms. The molecule has 0 aromatic heterocycles. The molecule has 2 heteroatoms. The van der Waals surface area contributed by atoms with Gasteiger partial charge in [0, 0.05) is 25.5 Å². The zero-order valence-electron chi connectivity index (χ0n) is 9.01.